The van der Waals surface area contributed by atoms with E-state index in [1.165, 1.54) is 4.90 Å². The van der Waals surface area contributed by atoms with Crippen LogP contribution in [0.2, 0.25) is 0 Å². The number of nitrogens with zero attached hydrogens (tertiary/aromatic N) is 1. The van der Waals surface area contributed by atoms with Gasteiger partial charge in [-0.05, 0) is 43.2 Å². The van der Waals surface area contributed by atoms with Crippen LogP contribution in [-0.4, -0.2) is 29.2 Å². The first-order valence-corrected chi connectivity index (χ1v) is 9.26. The Hall–Kier alpha value is -2.47. The highest BCUT2D eigenvalue weighted by atomic mass is 79.9. The van der Waals surface area contributed by atoms with Crippen molar-refractivity contribution >= 4 is 33.7 Å². The van der Waals surface area contributed by atoms with Gasteiger partial charge in [0.1, 0.15) is 0 Å². The Morgan fingerprint density at radius 1 is 1.04 bits per heavy atom. The maximum atomic E-state index is 12.3. The molecule has 0 saturated heterocycles. The molecule has 134 valence electrons. The lowest BCUT2D eigenvalue weighted by Crippen LogP contribution is -2.32. The van der Waals surface area contributed by atoms with Crippen molar-refractivity contribution in [2.24, 2.45) is 0 Å². The van der Waals surface area contributed by atoms with Crippen molar-refractivity contribution < 1.29 is 14.4 Å². The van der Waals surface area contributed by atoms with Crippen molar-refractivity contribution in [2.75, 3.05) is 6.54 Å². The van der Waals surface area contributed by atoms with Gasteiger partial charge in [0.15, 0.2) is 0 Å². The van der Waals surface area contributed by atoms with Crippen molar-refractivity contribution in [1.29, 1.82) is 0 Å². The summed E-state index contributed by atoms with van der Waals surface area (Å²) < 4.78 is 0.987. The first-order chi connectivity index (χ1) is 12.5. The van der Waals surface area contributed by atoms with Gasteiger partial charge < -0.3 is 5.32 Å². The van der Waals surface area contributed by atoms with Crippen molar-refractivity contribution in [3.63, 3.8) is 0 Å². The number of benzene rings is 2. The number of carbonyl (C=O) groups excluding carboxylic acids is 3. The van der Waals surface area contributed by atoms with Gasteiger partial charge in [-0.2, -0.15) is 0 Å². The average molecular weight is 415 g/mol. The van der Waals surface area contributed by atoms with Crippen LogP contribution >= 0.6 is 15.9 Å². The quantitative estimate of drug-likeness (QED) is 0.732. The lowest BCUT2D eigenvalue weighted by Gasteiger charge is -2.16. The van der Waals surface area contributed by atoms with Gasteiger partial charge in [0.05, 0.1) is 17.2 Å². The van der Waals surface area contributed by atoms with Gasteiger partial charge in [0.25, 0.3) is 11.8 Å². The molecule has 2 aromatic carbocycles. The number of halogens is 1. The topological polar surface area (TPSA) is 66.5 Å². The smallest absolute Gasteiger partial charge is 0.261 e. The van der Waals surface area contributed by atoms with Crippen LogP contribution in [0.4, 0.5) is 0 Å². The SMILES string of the molecule is C[C@@H](NC(=O)CCCN1C(=O)c2ccccc2C1=O)c1ccc(Br)cc1. The minimum absolute atomic E-state index is 0.1000. The zero-order chi connectivity index (χ0) is 18.7. The minimum atomic E-state index is -0.283. The van der Waals surface area contributed by atoms with Crippen LogP contribution in [-0.2, 0) is 4.79 Å². The fourth-order valence-corrected chi connectivity index (χ4v) is 3.25. The van der Waals surface area contributed by atoms with E-state index >= 15 is 0 Å². The molecule has 26 heavy (non-hydrogen) atoms. The summed E-state index contributed by atoms with van der Waals surface area (Å²) in [6, 6.07) is 14.5. The van der Waals surface area contributed by atoms with Crippen LogP contribution in [0, 0.1) is 0 Å². The van der Waals surface area contributed by atoms with Gasteiger partial charge in [0.2, 0.25) is 5.91 Å². The zero-order valence-corrected chi connectivity index (χ0v) is 16.0. The molecule has 0 spiro atoms. The van der Waals surface area contributed by atoms with E-state index in [0.29, 0.717) is 17.5 Å². The third-order valence-corrected chi connectivity index (χ3v) is 4.94. The molecule has 0 aromatic heterocycles. The molecule has 2 aromatic rings. The van der Waals surface area contributed by atoms with E-state index in [4.69, 9.17) is 0 Å². The summed E-state index contributed by atoms with van der Waals surface area (Å²) in [5.74, 6) is -0.666. The van der Waals surface area contributed by atoms with E-state index < -0.39 is 0 Å². The highest BCUT2D eigenvalue weighted by molar-refractivity contribution is 9.10. The van der Waals surface area contributed by atoms with Crippen LogP contribution in [0.3, 0.4) is 0 Å². The predicted molar refractivity (Wildman–Crippen MR) is 102 cm³/mol. The summed E-state index contributed by atoms with van der Waals surface area (Å²) >= 11 is 3.39. The molecule has 3 rings (SSSR count). The first kappa shape index (κ1) is 18.3. The van der Waals surface area contributed by atoms with Crippen molar-refractivity contribution in [2.45, 2.75) is 25.8 Å². The molecular weight excluding hydrogens is 396 g/mol. The monoisotopic (exact) mass is 414 g/mol. The summed E-state index contributed by atoms with van der Waals surface area (Å²) in [6.07, 6.45) is 0.693. The van der Waals surface area contributed by atoms with Crippen LogP contribution in [0.1, 0.15) is 52.1 Å². The Balaban J connectivity index is 1.49. The number of nitrogens with one attached hydrogen (secondary N) is 1. The third kappa shape index (κ3) is 3.85. The van der Waals surface area contributed by atoms with E-state index in [2.05, 4.69) is 21.2 Å². The summed E-state index contributed by atoms with van der Waals surface area (Å²) in [5.41, 5.74) is 1.89. The number of hydrogen-bond acceptors (Lipinski definition) is 3. The Labute approximate surface area is 160 Å². The van der Waals surface area contributed by atoms with Gasteiger partial charge in [0, 0.05) is 17.4 Å². The summed E-state index contributed by atoms with van der Waals surface area (Å²) in [4.78, 5) is 37.9. The number of rotatable bonds is 6. The molecular formula is C20H19BrN2O3. The largest absolute Gasteiger partial charge is 0.350 e. The maximum Gasteiger partial charge on any atom is 0.261 e. The van der Waals surface area contributed by atoms with E-state index in [0.717, 1.165) is 10.0 Å². The number of carbonyl (C=O) groups is 3. The Morgan fingerprint density at radius 3 is 2.19 bits per heavy atom. The normalized spacial score (nSPS) is 14.3. The van der Waals surface area contributed by atoms with Gasteiger partial charge in [-0.3, -0.25) is 19.3 Å². The van der Waals surface area contributed by atoms with E-state index in [9.17, 15) is 14.4 Å². The molecule has 0 radical (unpaired) electrons. The van der Waals surface area contributed by atoms with Crippen LogP contribution < -0.4 is 5.32 Å². The maximum absolute atomic E-state index is 12.3. The average Bonchev–Trinajstić information content (AvgIpc) is 2.87. The molecule has 0 fully saturated rings. The molecule has 6 heteroatoms. The summed E-state index contributed by atoms with van der Waals surface area (Å²) in [5, 5.41) is 2.94. The molecule has 1 N–H and O–H groups in total. The lowest BCUT2D eigenvalue weighted by atomic mass is 10.1. The summed E-state index contributed by atoms with van der Waals surface area (Å²) in [6.45, 7) is 2.16. The molecule has 0 bridgehead atoms. The van der Waals surface area contributed by atoms with Crippen molar-refractivity contribution in [3.8, 4) is 0 Å². The standard InChI is InChI=1S/C20H19BrN2O3/c1-13(14-8-10-15(21)11-9-14)22-18(24)7-4-12-23-19(25)16-5-2-3-6-17(16)20(23)26/h2-3,5-6,8-11,13H,4,7,12H2,1H3,(H,22,24)/t13-/m1/s1. The predicted octanol–water partition coefficient (Wildman–Crippen LogP) is 3.70. The Bertz CT molecular complexity index is 813. The second-order valence-corrected chi connectivity index (χ2v) is 7.17. The minimum Gasteiger partial charge on any atom is -0.350 e. The fraction of sp³-hybridized carbons (Fsp3) is 0.250. The second kappa shape index (κ2) is 7.83. The highest BCUT2D eigenvalue weighted by Crippen LogP contribution is 2.22. The van der Waals surface area contributed by atoms with Gasteiger partial charge in [-0.1, -0.05) is 40.2 Å². The van der Waals surface area contributed by atoms with Gasteiger partial charge in [-0.25, -0.2) is 0 Å². The van der Waals surface area contributed by atoms with Gasteiger partial charge >= 0.3 is 0 Å². The second-order valence-electron chi connectivity index (χ2n) is 6.25. The number of fused-ring (bicyclic) bond motifs is 1. The molecule has 0 unspecified atom stereocenters. The molecule has 1 aliphatic rings. The Kier molecular flexibility index (Phi) is 5.52. The lowest BCUT2D eigenvalue weighted by molar-refractivity contribution is -0.121. The molecule has 1 aliphatic heterocycles. The molecule has 1 heterocycles. The highest BCUT2D eigenvalue weighted by Gasteiger charge is 2.34. The summed E-state index contributed by atoms with van der Waals surface area (Å²) in [7, 11) is 0. The van der Waals surface area contributed by atoms with Crippen LogP contribution in [0.25, 0.3) is 0 Å². The first-order valence-electron chi connectivity index (χ1n) is 8.47. The molecule has 0 saturated carbocycles. The van der Waals surface area contributed by atoms with Gasteiger partial charge in [-0.15, -0.1) is 0 Å². The number of hydrogen-bond donors (Lipinski definition) is 1. The number of amides is 3. The zero-order valence-electron chi connectivity index (χ0n) is 14.4. The fourth-order valence-electron chi connectivity index (χ4n) is 2.99. The van der Waals surface area contributed by atoms with Crippen molar-refractivity contribution in [1.82, 2.24) is 10.2 Å². The Morgan fingerprint density at radius 2 is 1.62 bits per heavy atom. The molecule has 0 aliphatic carbocycles. The van der Waals surface area contributed by atoms with E-state index in [-0.39, 0.29) is 36.7 Å². The van der Waals surface area contributed by atoms with E-state index in [1.54, 1.807) is 24.3 Å². The van der Waals surface area contributed by atoms with Crippen LogP contribution in [0.15, 0.2) is 53.0 Å². The van der Waals surface area contributed by atoms with Crippen molar-refractivity contribution in [3.05, 3.63) is 69.7 Å². The van der Waals surface area contributed by atoms with Crippen LogP contribution in [0.5, 0.6) is 0 Å². The number of imide groups is 1. The third-order valence-electron chi connectivity index (χ3n) is 4.41. The molecule has 1 atom stereocenters. The molecule has 5 nitrogen and oxygen atoms in total. The van der Waals surface area contributed by atoms with E-state index in [1.807, 2.05) is 31.2 Å². The molecule has 3 amide bonds.